The van der Waals surface area contributed by atoms with Crippen molar-refractivity contribution in [1.29, 1.82) is 0 Å². The fourth-order valence-electron chi connectivity index (χ4n) is 8.00. The number of halogens is 2. The predicted octanol–water partition coefficient (Wildman–Crippen LogP) is 18.2. The van der Waals surface area contributed by atoms with E-state index in [1.807, 2.05) is 60.7 Å². The van der Waals surface area contributed by atoms with Crippen LogP contribution in [-0.4, -0.2) is 25.2 Å². The molecule has 0 saturated heterocycles. The number of benzene rings is 5. The van der Waals surface area contributed by atoms with Gasteiger partial charge in [-0.2, -0.15) is 0 Å². The van der Waals surface area contributed by atoms with E-state index < -0.39 is 11.9 Å². The molecule has 6 nitrogen and oxygen atoms in total. The first-order valence-electron chi connectivity index (χ1n) is 25.7. The molecule has 0 spiro atoms. The summed E-state index contributed by atoms with van der Waals surface area (Å²) in [5.74, 6) is 0.0484. The van der Waals surface area contributed by atoms with E-state index in [0.717, 1.165) is 36.0 Å². The van der Waals surface area contributed by atoms with Crippen LogP contribution < -0.4 is 18.9 Å². The highest BCUT2D eigenvalue weighted by molar-refractivity contribution is 6.32. The molecule has 0 aliphatic rings. The van der Waals surface area contributed by atoms with Crippen molar-refractivity contribution in [1.82, 2.24) is 0 Å². The number of esters is 2. The molecular weight excluding hydrogens is 883 g/mol. The summed E-state index contributed by atoms with van der Waals surface area (Å²) in [5.41, 5.74) is 4.60. The van der Waals surface area contributed by atoms with Crippen LogP contribution in [0.1, 0.15) is 191 Å². The Morgan fingerprint density at radius 2 is 0.812 bits per heavy atom. The molecule has 0 atom stereocenters. The first-order chi connectivity index (χ1) is 33.7. The number of carbonyl (C=O) groups excluding carboxylic acids is 2. The number of rotatable bonds is 32. The molecule has 0 N–H and O–H groups in total. The van der Waals surface area contributed by atoms with Gasteiger partial charge in [-0.25, -0.2) is 14.0 Å². The molecular formula is C61H74ClFO6. The van der Waals surface area contributed by atoms with Crippen LogP contribution in [0.25, 0.3) is 24.3 Å². The van der Waals surface area contributed by atoms with Gasteiger partial charge in [0, 0.05) is 5.56 Å². The fourth-order valence-corrected chi connectivity index (χ4v) is 8.24. The second kappa shape index (κ2) is 31.5. The molecule has 0 saturated carbocycles. The number of carbonyl (C=O) groups is 2. The van der Waals surface area contributed by atoms with Crippen molar-refractivity contribution in [3.8, 4) is 23.0 Å². The van der Waals surface area contributed by atoms with Gasteiger partial charge in [0.15, 0.2) is 11.6 Å². The minimum Gasteiger partial charge on any atom is -0.492 e. The van der Waals surface area contributed by atoms with Crippen LogP contribution in [-0.2, 0) is 0 Å². The molecule has 0 fully saturated rings. The molecule has 0 aliphatic carbocycles. The summed E-state index contributed by atoms with van der Waals surface area (Å²) in [7, 11) is 0. The molecule has 0 aliphatic heterocycles. The van der Waals surface area contributed by atoms with E-state index in [0.29, 0.717) is 46.2 Å². The molecule has 5 rings (SSSR count). The SMILES string of the molecule is CCCCCCCCCCCCOc1ccc(/C=C/c2ccc(C(=O)Oc3cccc(OC(=O)c4ccc(/C=C/c5ccc(OCCCCCCCCCCCC)c(Cl)c5)cc4)c3C)cc2)cc1F. The Kier molecular flexibility index (Phi) is 24.8. The summed E-state index contributed by atoms with van der Waals surface area (Å²) in [5, 5.41) is 0.577. The van der Waals surface area contributed by atoms with Gasteiger partial charge in [0.2, 0.25) is 0 Å². The highest BCUT2D eigenvalue weighted by Crippen LogP contribution is 2.30. The van der Waals surface area contributed by atoms with Crippen LogP contribution in [0.3, 0.4) is 0 Å². The highest BCUT2D eigenvalue weighted by Gasteiger charge is 2.16. The summed E-state index contributed by atoms with van der Waals surface area (Å²) in [6.45, 7) is 7.40. The van der Waals surface area contributed by atoms with Gasteiger partial charge in [0.05, 0.1) is 29.4 Å². The lowest BCUT2D eigenvalue weighted by Gasteiger charge is -2.12. The summed E-state index contributed by atoms with van der Waals surface area (Å²) >= 11 is 6.56. The van der Waals surface area contributed by atoms with E-state index in [4.69, 9.17) is 30.5 Å². The van der Waals surface area contributed by atoms with Crippen molar-refractivity contribution in [3.05, 3.63) is 153 Å². The molecule has 0 amide bonds. The van der Waals surface area contributed by atoms with E-state index in [1.54, 1.807) is 67.6 Å². The van der Waals surface area contributed by atoms with Crippen LogP contribution >= 0.6 is 11.6 Å². The quantitative estimate of drug-likeness (QED) is 0.0185. The monoisotopic (exact) mass is 957 g/mol. The summed E-state index contributed by atoms with van der Waals surface area (Å²) in [6, 6.07) is 29.8. The van der Waals surface area contributed by atoms with Crippen LogP contribution in [0.4, 0.5) is 4.39 Å². The van der Waals surface area contributed by atoms with Gasteiger partial charge < -0.3 is 18.9 Å². The standard InChI is InChI=1S/C61H74ClFO6/c1-4-6-8-10-12-14-16-18-20-22-43-66-58-41-35-50(45-54(58)62)29-27-48-31-37-52(38-32-48)60(64)68-56-25-24-26-57(47(56)3)69-61(65)53-39-33-49(34-40-53)28-30-51-36-42-59(55(63)46-51)67-44-23-21-19-17-15-13-11-9-7-5-2/h24-42,45-46H,4-23,43-44H2,1-3H3/b29-27+,30-28+. The third-order valence-electron chi connectivity index (χ3n) is 12.3. The smallest absolute Gasteiger partial charge is 0.343 e. The lowest BCUT2D eigenvalue weighted by molar-refractivity contribution is 0.0730. The molecule has 5 aromatic carbocycles. The van der Waals surface area contributed by atoms with Gasteiger partial charge >= 0.3 is 11.9 Å². The Balaban J connectivity index is 1.02. The molecule has 8 heteroatoms. The molecule has 0 heterocycles. The lowest BCUT2D eigenvalue weighted by Crippen LogP contribution is -2.12. The van der Waals surface area contributed by atoms with Gasteiger partial charge in [-0.05, 0) is 103 Å². The van der Waals surface area contributed by atoms with Gasteiger partial charge in [0.25, 0.3) is 0 Å². The van der Waals surface area contributed by atoms with Gasteiger partial charge in [-0.1, -0.05) is 208 Å². The predicted molar refractivity (Wildman–Crippen MR) is 284 cm³/mol. The maximum Gasteiger partial charge on any atom is 0.343 e. The minimum absolute atomic E-state index is 0.268. The molecule has 69 heavy (non-hydrogen) atoms. The fraction of sp³-hybridized carbons (Fsp3) is 0.410. The Morgan fingerprint density at radius 3 is 1.23 bits per heavy atom. The van der Waals surface area contributed by atoms with E-state index >= 15 is 0 Å². The van der Waals surface area contributed by atoms with Crippen molar-refractivity contribution >= 4 is 47.8 Å². The van der Waals surface area contributed by atoms with Crippen molar-refractivity contribution in [3.63, 3.8) is 0 Å². The Bertz CT molecular complexity index is 2190. The number of unbranched alkanes of at least 4 members (excludes halogenated alkanes) is 18. The largest absolute Gasteiger partial charge is 0.492 e. The van der Waals surface area contributed by atoms with Crippen LogP contribution in [0, 0.1) is 12.7 Å². The molecule has 0 bridgehead atoms. The molecule has 5 aromatic rings. The first kappa shape index (κ1) is 54.3. The summed E-state index contributed by atoms with van der Waals surface area (Å²) in [6.07, 6.45) is 32.8. The summed E-state index contributed by atoms with van der Waals surface area (Å²) in [4.78, 5) is 26.4. The molecule has 0 aromatic heterocycles. The molecule has 368 valence electrons. The first-order valence-corrected chi connectivity index (χ1v) is 26.1. The number of hydrogen-bond acceptors (Lipinski definition) is 6. The van der Waals surface area contributed by atoms with Gasteiger partial charge in [-0.15, -0.1) is 0 Å². The Labute approximate surface area is 417 Å². The second-order valence-corrected chi connectivity index (χ2v) is 18.4. The van der Waals surface area contributed by atoms with Gasteiger partial charge in [0.1, 0.15) is 17.2 Å². The minimum atomic E-state index is -0.553. The normalized spacial score (nSPS) is 11.4. The number of hydrogen-bond donors (Lipinski definition) is 0. The zero-order chi connectivity index (χ0) is 48.9. The molecule has 0 radical (unpaired) electrons. The maximum atomic E-state index is 14.8. The van der Waals surface area contributed by atoms with E-state index in [2.05, 4.69) is 13.8 Å². The Hall–Kier alpha value is -5.66. The van der Waals surface area contributed by atoms with Crippen molar-refractivity contribution < 1.29 is 32.9 Å². The average Bonchev–Trinajstić information content (AvgIpc) is 3.36. The van der Waals surface area contributed by atoms with Crippen LogP contribution in [0.2, 0.25) is 5.02 Å². The van der Waals surface area contributed by atoms with Gasteiger partial charge in [-0.3, -0.25) is 0 Å². The van der Waals surface area contributed by atoms with Crippen molar-refractivity contribution in [2.75, 3.05) is 13.2 Å². The van der Waals surface area contributed by atoms with E-state index in [1.165, 1.54) is 115 Å². The van der Waals surface area contributed by atoms with Crippen molar-refractivity contribution in [2.24, 2.45) is 0 Å². The van der Waals surface area contributed by atoms with Crippen LogP contribution in [0.5, 0.6) is 23.0 Å². The third-order valence-corrected chi connectivity index (χ3v) is 12.6. The van der Waals surface area contributed by atoms with E-state index in [-0.39, 0.29) is 23.1 Å². The zero-order valence-electron chi connectivity index (χ0n) is 41.4. The van der Waals surface area contributed by atoms with Crippen molar-refractivity contribution in [2.45, 2.75) is 149 Å². The topological polar surface area (TPSA) is 71.1 Å². The van der Waals surface area contributed by atoms with E-state index in [9.17, 15) is 14.0 Å². The lowest BCUT2D eigenvalue weighted by atomic mass is 10.1. The summed E-state index contributed by atoms with van der Waals surface area (Å²) < 4.78 is 38.0. The maximum absolute atomic E-state index is 14.8. The number of ether oxygens (including phenoxy) is 4. The Morgan fingerprint density at radius 1 is 0.449 bits per heavy atom. The zero-order valence-corrected chi connectivity index (χ0v) is 42.1. The van der Waals surface area contributed by atoms with Crippen LogP contribution in [0.15, 0.2) is 103 Å². The third kappa shape index (κ3) is 20.1. The molecule has 0 unspecified atom stereocenters. The highest BCUT2D eigenvalue weighted by atomic mass is 35.5. The second-order valence-electron chi connectivity index (χ2n) is 18.0. The average molecular weight is 958 g/mol.